The van der Waals surface area contributed by atoms with Crippen molar-refractivity contribution < 1.29 is 24.2 Å². The van der Waals surface area contributed by atoms with Gasteiger partial charge in [-0.2, -0.15) is 0 Å². The van der Waals surface area contributed by atoms with Gasteiger partial charge in [-0.3, -0.25) is 14.4 Å². The van der Waals surface area contributed by atoms with E-state index in [1.165, 1.54) is 5.57 Å². The summed E-state index contributed by atoms with van der Waals surface area (Å²) in [5, 5.41) is 11.1. The van der Waals surface area contributed by atoms with Crippen LogP contribution in [0.4, 0.5) is 0 Å². The lowest BCUT2D eigenvalue weighted by molar-refractivity contribution is -0.233. The number of carbonyl (C=O) groups excluding carboxylic acids is 3. The summed E-state index contributed by atoms with van der Waals surface area (Å²) >= 11 is 0. The van der Waals surface area contributed by atoms with Crippen molar-refractivity contribution in [2.45, 2.75) is 158 Å². The Balaban J connectivity index is 1.40. The standard InChI is InChI=1S/C39H61NO5/c1-23(2)31-26(42)22-39(33(43)40-21-11-12-29(40)35(6,7)44)20-19-37(9)25(32(31)39)13-14-28-36(8)17-16-30(45-24(3)41)34(4,5)27(36)15-18-38(28,37)10/h23,25,27-30,44H,11-22H2,1-10H3. The molecular formula is C39H61NO5. The van der Waals surface area contributed by atoms with Gasteiger partial charge in [0.25, 0.3) is 0 Å². The maximum absolute atomic E-state index is 14.9. The molecule has 9 atom stereocenters. The Kier molecular flexibility index (Phi) is 7.68. The maximum Gasteiger partial charge on any atom is 0.302 e. The monoisotopic (exact) mass is 623 g/mol. The molecule has 6 rings (SSSR count). The highest BCUT2D eigenvalue weighted by atomic mass is 16.5. The number of hydrogen-bond acceptors (Lipinski definition) is 5. The number of nitrogens with zero attached hydrogens (tertiary/aromatic N) is 1. The zero-order chi connectivity index (χ0) is 33.1. The van der Waals surface area contributed by atoms with Gasteiger partial charge in [-0.1, -0.05) is 48.5 Å². The van der Waals surface area contributed by atoms with Gasteiger partial charge in [0.05, 0.1) is 17.1 Å². The molecule has 0 aromatic heterocycles. The van der Waals surface area contributed by atoms with Crippen LogP contribution in [0.1, 0.15) is 140 Å². The summed E-state index contributed by atoms with van der Waals surface area (Å²) in [6, 6.07) is -0.207. The van der Waals surface area contributed by atoms with Crippen molar-refractivity contribution in [2.75, 3.05) is 6.54 Å². The molecule has 1 aliphatic heterocycles. The molecule has 0 spiro atoms. The van der Waals surface area contributed by atoms with Crippen LogP contribution in [-0.4, -0.2) is 52.0 Å². The van der Waals surface area contributed by atoms with Crippen molar-refractivity contribution in [2.24, 2.45) is 50.7 Å². The Morgan fingerprint density at radius 2 is 1.60 bits per heavy atom. The van der Waals surface area contributed by atoms with Gasteiger partial charge in [0.2, 0.25) is 5.91 Å². The van der Waals surface area contributed by atoms with Crippen LogP contribution < -0.4 is 0 Å². The Morgan fingerprint density at radius 3 is 2.22 bits per heavy atom. The highest BCUT2D eigenvalue weighted by Crippen LogP contribution is 2.77. The molecule has 1 N–H and O–H groups in total. The van der Waals surface area contributed by atoms with E-state index in [1.807, 2.05) is 18.7 Å². The van der Waals surface area contributed by atoms with Gasteiger partial charge >= 0.3 is 5.97 Å². The molecule has 0 aromatic carbocycles. The van der Waals surface area contributed by atoms with Gasteiger partial charge in [0.1, 0.15) is 6.10 Å². The second-order valence-electron chi connectivity index (χ2n) is 18.5. The fourth-order valence-corrected chi connectivity index (χ4v) is 13.3. The molecule has 5 aliphatic carbocycles. The smallest absolute Gasteiger partial charge is 0.302 e. The van der Waals surface area contributed by atoms with Crippen molar-refractivity contribution in [1.29, 1.82) is 0 Å². The Hall–Kier alpha value is -1.69. The molecule has 6 nitrogen and oxygen atoms in total. The molecule has 4 saturated carbocycles. The first-order valence-electron chi connectivity index (χ1n) is 18.2. The molecule has 0 aromatic rings. The van der Waals surface area contributed by atoms with E-state index in [1.54, 1.807) is 6.92 Å². The maximum atomic E-state index is 14.9. The topological polar surface area (TPSA) is 83.9 Å². The first-order chi connectivity index (χ1) is 20.8. The minimum absolute atomic E-state index is 0.00863. The fourth-order valence-electron chi connectivity index (χ4n) is 13.3. The lowest BCUT2D eigenvalue weighted by atomic mass is 9.33. The lowest BCUT2D eigenvalue weighted by Crippen LogP contribution is -2.66. The third kappa shape index (κ3) is 4.45. The van der Waals surface area contributed by atoms with E-state index in [9.17, 15) is 19.5 Å². The first-order valence-corrected chi connectivity index (χ1v) is 18.2. The highest BCUT2D eigenvalue weighted by molar-refractivity contribution is 6.07. The molecule has 0 bridgehead atoms. The molecule has 252 valence electrons. The van der Waals surface area contributed by atoms with Gasteiger partial charge in [-0.05, 0) is 129 Å². The third-order valence-electron chi connectivity index (χ3n) is 15.4. The van der Waals surface area contributed by atoms with E-state index >= 15 is 0 Å². The van der Waals surface area contributed by atoms with Crippen LogP contribution in [0.25, 0.3) is 0 Å². The third-order valence-corrected chi connectivity index (χ3v) is 15.4. The van der Waals surface area contributed by atoms with Gasteiger partial charge in [-0.15, -0.1) is 0 Å². The number of rotatable bonds is 4. The molecule has 45 heavy (non-hydrogen) atoms. The Bertz CT molecular complexity index is 1310. The minimum Gasteiger partial charge on any atom is -0.462 e. The van der Waals surface area contributed by atoms with Crippen LogP contribution >= 0.6 is 0 Å². The summed E-state index contributed by atoms with van der Waals surface area (Å²) in [6.45, 7) is 22.5. The van der Waals surface area contributed by atoms with Crippen LogP contribution in [0.2, 0.25) is 0 Å². The predicted octanol–water partition coefficient (Wildman–Crippen LogP) is 7.66. The summed E-state index contributed by atoms with van der Waals surface area (Å²) in [7, 11) is 0. The number of aliphatic hydroxyl groups is 1. The SMILES string of the molecule is CC(=O)OC1CCC2(C)C(CCC3(C)C2CCC2C4=C(C(C)C)C(=O)CC4(C(=O)N4CCCC4C(C)(C)O)CCC23C)C1(C)C. The number of likely N-dealkylation sites (tertiary alicyclic amines) is 1. The van der Waals surface area contributed by atoms with Crippen LogP contribution in [-0.2, 0) is 19.1 Å². The summed E-state index contributed by atoms with van der Waals surface area (Å²) in [5.74, 6) is 1.46. The summed E-state index contributed by atoms with van der Waals surface area (Å²) in [4.78, 5) is 43.0. The van der Waals surface area contributed by atoms with E-state index in [0.717, 1.165) is 69.8 Å². The molecule has 6 heteroatoms. The van der Waals surface area contributed by atoms with Crippen molar-refractivity contribution in [3.63, 3.8) is 0 Å². The van der Waals surface area contributed by atoms with E-state index < -0.39 is 11.0 Å². The van der Waals surface area contributed by atoms with Crippen molar-refractivity contribution in [3.05, 3.63) is 11.1 Å². The number of allylic oxidation sites excluding steroid dienone is 1. The van der Waals surface area contributed by atoms with Crippen molar-refractivity contribution in [3.8, 4) is 0 Å². The number of Topliss-reactive ketones (excluding diaryl/α,β-unsaturated/α-hetero) is 1. The predicted molar refractivity (Wildman–Crippen MR) is 176 cm³/mol. The number of esters is 1. The number of carbonyl (C=O) groups is 3. The van der Waals surface area contributed by atoms with Crippen LogP contribution in [0.3, 0.4) is 0 Å². The van der Waals surface area contributed by atoms with Gasteiger partial charge in [-0.25, -0.2) is 0 Å². The van der Waals surface area contributed by atoms with E-state index in [2.05, 4.69) is 48.5 Å². The van der Waals surface area contributed by atoms with Gasteiger partial charge < -0.3 is 14.7 Å². The quantitative estimate of drug-likeness (QED) is 0.325. The number of fused-ring (bicyclic) bond motifs is 7. The normalized spacial score (nSPS) is 44.3. The molecule has 5 fully saturated rings. The summed E-state index contributed by atoms with van der Waals surface area (Å²) in [5.41, 5.74) is 0.572. The molecule has 1 saturated heterocycles. The average Bonchev–Trinajstić information content (AvgIpc) is 3.53. The molecule has 1 heterocycles. The first kappa shape index (κ1) is 33.2. The Morgan fingerprint density at radius 1 is 0.911 bits per heavy atom. The molecular weight excluding hydrogens is 562 g/mol. The Labute approximate surface area is 272 Å². The number of ether oxygens (including phenoxy) is 1. The van der Waals surface area contributed by atoms with Crippen molar-refractivity contribution in [1.82, 2.24) is 4.90 Å². The molecule has 1 amide bonds. The van der Waals surface area contributed by atoms with Gasteiger partial charge in [0, 0.05) is 25.3 Å². The fraction of sp³-hybridized carbons (Fsp3) is 0.872. The van der Waals surface area contributed by atoms with Crippen LogP contribution in [0.15, 0.2) is 11.1 Å². The molecule has 0 radical (unpaired) electrons. The molecule has 6 aliphatic rings. The largest absolute Gasteiger partial charge is 0.462 e. The highest BCUT2D eigenvalue weighted by Gasteiger charge is 2.71. The lowest BCUT2D eigenvalue weighted by Gasteiger charge is -2.72. The van der Waals surface area contributed by atoms with Crippen LogP contribution in [0.5, 0.6) is 0 Å². The van der Waals surface area contributed by atoms with Gasteiger partial charge in [0.15, 0.2) is 5.78 Å². The second kappa shape index (κ2) is 10.4. The van der Waals surface area contributed by atoms with E-state index in [-0.39, 0.29) is 63.3 Å². The van der Waals surface area contributed by atoms with Crippen molar-refractivity contribution >= 4 is 17.7 Å². The number of ketones is 1. The average molecular weight is 624 g/mol. The zero-order valence-electron chi connectivity index (χ0n) is 30.0. The van der Waals surface area contributed by atoms with Crippen LogP contribution in [0, 0.1) is 50.7 Å². The number of amides is 1. The zero-order valence-corrected chi connectivity index (χ0v) is 30.0. The van der Waals surface area contributed by atoms with E-state index in [4.69, 9.17) is 4.74 Å². The summed E-state index contributed by atoms with van der Waals surface area (Å²) < 4.78 is 5.93. The summed E-state index contributed by atoms with van der Waals surface area (Å²) in [6.07, 6.45) is 10.1. The number of hydrogen-bond donors (Lipinski definition) is 1. The minimum atomic E-state index is -0.971. The molecule has 9 unspecified atom stereocenters. The van der Waals surface area contributed by atoms with E-state index in [0.29, 0.717) is 24.8 Å². The second-order valence-corrected chi connectivity index (χ2v) is 18.5.